The van der Waals surface area contributed by atoms with E-state index in [1.165, 1.54) is 12.7 Å². The molecule has 3 aliphatic rings. The lowest BCUT2D eigenvalue weighted by molar-refractivity contribution is -0.221. The summed E-state index contributed by atoms with van der Waals surface area (Å²) < 4.78 is 42.1. The molecule has 6 nitrogen and oxygen atoms in total. The zero-order valence-electron chi connectivity index (χ0n) is 11.1. The van der Waals surface area contributed by atoms with Crippen LogP contribution in [-0.4, -0.2) is 39.2 Å². The van der Waals surface area contributed by atoms with Crippen LogP contribution in [0.5, 0.6) is 0 Å². The molecule has 0 spiro atoms. The molecule has 2 bridgehead atoms. The molecular weight excluding hydrogens is 289 g/mol. The van der Waals surface area contributed by atoms with Crippen molar-refractivity contribution in [3.63, 3.8) is 0 Å². The standard InChI is InChI=1S/C12H13F3N4O2/c1-6-2-7-3-11(19-7,9-17-4-16-5-18-9)8(6)21-10(20)12(13,14)15/h4-8,19H,2-3H2,1H3. The van der Waals surface area contributed by atoms with Gasteiger partial charge in [-0.05, 0) is 18.8 Å². The van der Waals surface area contributed by atoms with E-state index < -0.39 is 23.8 Å². The fourth-order valence-electron chi connectivity index (χ4n) is 3.28. The Kier molecular flexibility index (Phi) is 3.12. The largest absolute Gasteiger partial charge is 0.490 e. The zero-order chi connectivity index (χ0) is 15.3. The minimum absolute atomic E-state index is 0.178. The first-order valence-electron chi connectivity index (χ1n) is 6.51. The van der Waals surface area contributed by atoms with Gasteiger partial charge in [0, 0.05) is 6.04 Å². The molecule has 1 aromatic rings. The van der Waals surface area contributed by atoms with Crippen LogP contribution >= 0.6 is 0 Å². The Hall–Kier alpha value is -1.77. The van der Waals surface area contributed by atoms with Crippen molar-refractivity contribution in [2.24, 2.45) is 5.92 Å². The number of halogens is 3. The van der Waals surface area contributed by atoms with Gasteiger partial charge in [-0.3, -0.25) is 5.32 Å². The summed E-state index contributed by atoms with van der Waals surface area (Å²) in [6.45, 7) is 1.76. The highest BCUT2D eigenvalue weighted by molar-refractivity contribution is 5.76. The molecular formula is C12H13F3N4O2. The average Bonchev–Trinajstić information content (AvgIpc) is 2.39. The van der Waals surface area contributed by atoms with Crippen LogP contribution in [0.15, 0.2) is 12.7 Å². The number of piperidine rings is 1. The molecule has 0 radical (unpaired) electrons. The molecule has 21 heavy (non-hydrogen) atoms. The summed E-state index contributed by atoms with van der Waals surface area (Å²) in [6, 6.07) is 0.178. The molecule has 1 N–H and O–H groups in total. The lowest BCUT2D eigenvalue weighted by Crippen LogP contribution is -2.74. The average molecular weight is 302 g/mol. The van der Waals surface area contributed by atoms with Gasteiger partial charge in [-0.15, -0.1) is 0 Å². The molecule has 2 aliphatic heterocycles. The van der Waals surface area contributed by atoms with Crippen LogP contribution in [0.25, 0.3) is 0 Å². The van der Waals surface area contributed by atoms with Gasteiger partial charge in [-0.2, -0.15) is 13.2 Å². The van der Waals surface area contributed by atoms with Gasteiger partial charge in [-0.1, -0.05) is 6.92 Å². The third-order valence-electron chi connectivity index (χ3n) is 4.05. The number of fused-ring (bicyclic) bond motifs is 2. The minimum Gasteiger partial charge on any atom is -0.453 e. The summed E-state index contributed by atoms with van der Waals surface area (Å²) in [5.41, 5.74) is -0.952. The first-order chi connectivity index (χ1) is 9.83. The number of aromatic nitrogens is 3. The molecule has 0 aromatic carbocycles. The number of rotatable bonds is 2. The number of nitrogens with one attached hydrogen (secondary N) is 1. The smallest absolute Gasteiger partial charge is 0.453 e. The third kappa shape index (κ3) is 2.25. The Morgan fingerprint density at radius 1 is 1.43 bits per heavy atom. The number of carbonyl (C=O) groups is 1. The molecule has 0 amide bonds. The van der Waals surface area contributed by atoms with E-state index in [0.717, 1.165) is 0 Å². The number of carbonyl (C=O) groups excluding carboxylic acids is 1. The predicted molar refractivity (Wildman–Crippen MR) is 62.8 cm³/mol. The quantitative estimate of drug-likeness (QED) is 0.819. The molecule has 2 saturated heterocycles. The van der Waals surface area contributed by atoms with Crippen molar-refractivity contribution in [1.82, 2.24) is 20.3 Å². The predicted octanol–water partition coefficient (Wildman–Crippen LogP) is 0.943. The van der Waals surface area contributed by atoms with Crippen LogP contribution in [-0.2, 0) is 15.1 Å². The van der Waals surface area contributed by atoms with E-state index in [0.29, 0.717) is 18.7 Å². The van der Waals surface area contributed by atoms with E-state index in [2.05, 4.69) is 20.3 Å². The Morgan fingerprint density at radius 2 is 2.05 bits per heavy atom. The van der Waals surface area contributed by atoms with E-state index in [1.807, 2.05) is 0 Å². The third-order valence-corrected chi connectivity index (χ3v) is 4.05. The monoisotopic (exact) mass is 302 g/mol. The van der Waals surface area contributed by atoms with Crippen LogP contribution in [0.1, 0.15) is 25.6 Å². The Labute approximate surface area is 118 Å². The van der Waals surface area contributed by atoms with Crippen molar-refractivity contribution in [3.05, 3.63) is 18.5 Å². The van der Waals surface area contributed by atoms with Gasteiger partial charge in [-0.25, -0.2) is 19.7 Å². The number of esters is 1. The molecule has 114 valence electrons. The van der Waals surface area contributed by atoms with E-state index >= 15 is 0 Å². The van der Waals surface area contributed by atoms with Crippen LogP contribution in [0.2, 0.25) is 0 Å². The summed E-state index contributed by atoms with van der Waals surface area (Å²) in [6.07, 6.45) is -2.25. The van der Waals surface area contributed by atoms with E-state index in [9.17, 15) is 18.0 Å². The highest BCUT2D eigenvalue weighted by Crippen LogP contribution is 2.48. The number of hydrogen-bond donors (Lipinski definition) is 1. The van der Waals surface area contributed by atoms with E-state index in [1.54, 1.807) is 6.92 Å². The second-order valence-corrected chi connectivity index (χ2v) is 5.52. The SMILES string of the molecule is CC1CC2CC(c3ncncn3)(N2)C1OC(=O)C(F)(F)F. The molecule has 1 saturated carbocycles. The number of ether oxygens (including phenoxy) is 1. The molecule has 3 heterocycles. The lowest BCUT2D eigenvalue weighted by atomic mass is 9.64. The first-order valence-corrected chi connectivity index (χ1v) is 6.51. The topological polar surface area (TPSA) is 77.0 Å². The molecule has 3 fully saturated rings. The summed E-state index contributed by atoms with van der Waals surface area (Å²) >= 11 is 0. The highest BCUT2D eigenvalue weighted by atomic mass is 19.4. The molecule has 1 aliphatic carbocycles. The maximum atomic E-state index is 12.5. The Balaban J connectivity index is 1.90. The number of alkyl halides is 3. The van der Waals surface area contributed by atoms with Gasteiger partial charge in [0.25, 0.3) is 0 Å². The van der Waals surface area contributed by atoms with Crippen LogP contribution in [0, 0.1) is 5.92 Å². The van der Waals surface area contributed by atoms with Crippen molar-refractivity contribution in [3.8, 4) is 0 Å². The normalized spacial score (nSPS) is 35.0. The van der Waals surface area contributed by atoms with Gasteiger partial charge in [0.05, 0.1) is 0 Å². The molecule has 4 atom stereocenters. The zero-order valence-corrected chi connectivity index (χ0v) is 11.1. The van der Waals surface area contributed by atoms with Gasteiger partial charge in [0.1, 0.15) is 24.3 Å². The first kappa shape index (κ1) is 14.2. The number of hydrogen-bond acceptors (Lipinski definition) is 6. The molecule has 4 rings (SSSR count). The van der Waals surface area contributed by atoms with Crippen molar-refractivity contribution in [2.75, 3.05) is 0 Å². The summed E-state index contributed by atoms with van der Waals surface area (Å²) in [5.74, 6) is -2.09. The second-order valence-electron chi connectivity index (χ2n) is 5.52. The van der Waals surface area contributed by atoms with Crippen molar-refractivity contribution in [1.29, 1.82) is 0 Å². The van der Waals surface area contributed by atoms with Crippen molar-refractivity contribution < 1.29 is 22.7 Å². The van der Waals surface area contributed by atoms with E-state index in [-0.39, 0.29) is 12.0 Å². The van der Waals surface area contributed by atoms with Crippen molar-refractivity contribution in [2.45, 2.75) is 43.6 Å². The van der Waals surface area contributed by atoms with Gasteiger partial charge < -0.3 is 4.74 Å². The fraction of sp³-hybridized carbons (Fsp3) is 0.667. The van der Waals surface area contributed by atoms with Crippen LogP contribution in [0.3, 0.4) is 0 Å². The maximum Gasteiger partial charge on any atom is 0.490 e. The summed E-state index contributed by atoms with van der Waals surface area (Å²) in [7, 11) is 0. The van der Waals surface area contributed by atoms with Gasteiger partial charge in [0.2, 0.25) is 0 Å². The molecule has 4 unspecified atom stereocenters. The second kappa shape index (κ2) is 4.62. The minimum atomic E-state index is -5.01. The highest BCUT2D eigenvalue weighted by Gasteiger charge is 2.61. The molecule has 1 aromatic heterocycles. The van der Waals surface area contributed by atoms with Crippen LogP contribution in [0.4, 0.5) is 13.2 Å². The lowest BCUT2D eigenvalue weighted by Gasteiger charge is -2.58. The van der Waals surface area contributed by atoms with Crippen LogP contribution < -0.4 is 5.32 Å². The van der Waals surface area contributed by atoms with Crippen molar-refractivity contribution >= 4 is 5.97 Å². The fourth-order valence-corrected chi connectivity index (χ4v) is 3.28. The summed E-state index contributed by atoms with van der Waals surface area (Å²) in [5, 5.41) is 3.15. The van der Waals surface area contributed by atoms with Gasteiger partial charge >= 0.3 is 12.1 Å². The summed E-state index contributed by atoms with van der Waals surface area (Å²) in [4.78, 5) is 22.9. The Morgan fingerprint density at radius 3 is 2.62 bits per heavy atom. The van der Waals surface area contributed by atoms with Gasteiger partial charge in [0.15, 0.2) is 5.82 Å². The molecule has 9 heteroatoms. The maximum absolute atomic E-state index is 12.5. The number of nitrogens with zero attached hydrogens (tertiary/aromatic N) is 3. The van der Waals surface area contributed by atoms with E-state index in [4.69, 9.17) is 4.74 Å². The Bertz CT molecular complexity index is 545.